The zero-order valence-electron chi connectivity index (χ0n) is 10.8. The fraction of sp³-hybridized carbons (Fsp3) is 0.600. The average Bonchev–Trinajstić information content (AvgIpc) is 2.39. The number of fused-ring (bicyclic) bond motifs is 1. The van der Waals surface area contributed by atoms with Gasteiger partial charge in [0, 0.05) is 19.1 Å². The Kier molecular flexibility index (Phi) is 3.64. The maximum atomic E-state index is 6.04. The Labute approximate surface area is 109 Å². The Morgan fingerprint density at radius 3 is 3.11 bits per heavy atom. The molecule has 3 rings (SSSR count). The molecule has 0 amide bonds. The Balaban J connectivity index is 1.70. The number of hydrogen-bond acceptors (Lipinski definition) is 3. The van der Waals surface area contributed by atoms with E-state index >= 15 is 0 Å². The first kappa shape index (κ1) is 12.2. The van der Waals surface area contributed by atoms with E-state index in [2.05, 4.69) is 29.2 Å². The molecule has 18 heavy (non-hydrogen) atoms. The van der Waals surface area contributed by atoms with Gasteiger partial charge in [0.15, 0.2) is 0 Å². The van der Waals surface area contributed by atoms with Crippen molar-refractivity contribution in [1.29, 1.82) is 0 Å². The second-order valence-electron chi connectivity index (χ2n) is 5.47. The molecule has 0 bridgehead atoms. The molecule has 2 heterocycles. The highest BCUT2D eigenvalue weighted by molar-refractivity contribution is 5.31. The summed E-state index contributed by atoms with van der Waals surface area (Å²) in [6.45, 7) is 4.02. The highest BCUT2D eigenvalue weighted by Crippen LogP contribution is 2.28. The number of likely N-dealkylation sites (tertiary alicyclic amines) is 1. The van der Waals surface area contributed by atoms with Crippen LogP contribution in [0.5, 0.6) is 0 Å². The number of nitrogens with two attached hydrogens (primary N) is 1. The maximum Gasteiger partial charge on any atom is 0.0954 e. The van der Waals surface area contributed by atoms with Crippen molar-refractivity contribution in [2.45, 2.75) is 31.4 Å². The molecule has 1 unspecified atom stereocenters. The Bertz CT molecular complexity index is 407. The summed E-state index contributed by atoms with van der Waals surface area (Å²) in [6.07, 6.45) is 3.67. The van der Waals surface area contributed by atoms with Crippen LogP contribution in [0.4, 0.5) is 0 Å². The van der Waals surface area contributed by atoms with Crippen molar-refractivity contribution in [3.05, 3.63) is 35.4 Å². The van der Waals surface area contributed by atoms with Crippen LogP contribution in [0, 0.1) is 0 Å². The number of benzene rings is 1. The van der Waals surface area contributed by atoms with E-state index in [1.165, 1.54) is 24.0 Å². The van der Waals surface area contributed by atoms with E-state index in [0.29, 0.717) is 6.04 Å². The maximum absolute atomic E-state index is 6.04. The van der Waals surface area contributed by atoms with Crippen molar-refractivity contribution in [3.63, 3.8) is 0 Å². The molecule has 98 valence electrons. The van der Waals surface area contributed by atoms with Gasteiger partial charge in [-0.3, -0.25) is 4.90 Å². The van der Waals surface area contributed by atoms with Gasteiger partial charge in [-0.05, 0) is 36.9 Å². The minimum absolute atomic E-state index is 0.236. The minimum atomic E-state index is 0.236. The molecular formula is C15H22N2O. The van der Waals surface area contributed by atoms with Crippen LogP contribution >= 0.6 is 0 Å². The SMILES string of the molecule is N[C@@H]1CCCN(CC2OCCc3ccccc32)C1. The lowest BCUT2D eigenvalue weighted by molar-refractivity contribution is 0.0105. The summed E-state index contributed by atoms with van der Waals surface area (Å²) < 4.78 is 5.96. The molecule has 0 aliphatic carbocycles. The molecule has 2 aliphatic heterocycles. The van der Waals surface area contributed by atoms with Gasteiger partial charge >= 0.3 is 0 Å². The summed E-state index contributed by atoms with van der Waals surface area (Å²) >= 11 is 0. The molecule has 0 radical (unpaired) electrons. The first-order valence-corrected chi connectivity index (χ1v) is 7.00. The molecule has 0 saturated carbocycles. The summed E-state index contributed by atoms with van der Waals surface area (Å²) in [5, 5.41) is 0. The molecule has 0 spiro atoms. The van der Waals surface area contributed by atoms with Crippen molar-refractivity contribution in [1.82, 2.24) is 4.90 Å². The normalized spacial score (nSPS) is 28.9. The molecule has 0 aromatic heterocycles. The predicted molar refractivity (Wildman–Crippen MR) is 72.5 cm³/mol. The van der Waals surface area contributed by atoms with Gasteiger partial charge in [0.1, 0.15) is 0 Å². The number of ether oxygens (including phenoxy) is 1. The van der Waals surface area contributed by atoms with Gasteiger partial charge in [-0.2, -0.15) is 0 Å². The zero-order chi connectivity index (χ0) is 12.4. The second kappa shape index (κ2) is 5.39. The standard InChI is InChI=1S/C15H22N2O/c16-13-5-3-8-17(10-13)11-15-14-6-2-1-4-12(14)7-9-18-15/h1-2,4,6,13,15H,3,5,7-11,16H2/t13-,15?/m1/s1. The summed E-state index contributed by atoms with van der Waals surface area (Å²) in [7, 11) is 0. The van der Waals surface area contributed by atoms with Crippen LogP contribution in [0.1, 0.15) is 30.1 Å². The molecule has 2 N–H and O–H groups in total. The minimum Gasteiger partial charge on any atom is -0.372 e. The van der Waals surface area contributed by atoms with Crippen molar-refractivity contribution < 1.29 is 4.74 Å². The van der Waals surface area contributed by atoms with E-state index in [1.807, 2.05) is 0 Å². The number of nitrogens with zero attached hydrogens (tertiary/aromatic N) is 1. The molecule has 1 saturated heterocycles. The Morgan fingerprint density at radius 1 is 1.33 bits per heavy atom. The molecule has 2 atom stereocenters. The highest BCUT2D eigenvalue weighted by Gasteiger charge is 2.25. The van der Waals surface area contributed by atoms with Crippen LogP contribution in [0.25, 0.3) is 0 Å². The third-order valence-corrected chi connectivity index (χ3v) is 4.06. The second-order valence-corrected chi connectivity index (χ2v) is 5.47. The summed E-state index contributed by atoms with van der Waals surface area (Å²) in [5.74, 6) is 0. The molecule has 1 aromatic carbocycles. The first-order valence-electron chi connectivity index (χ1n) is 7.00. The van der Waals surface area contributed by atoms with Crippen LogP contribution in [-0.4, -0.2) is 37.2 Å². The molecule has 1 fully saturated rings. The highest BCUT2D eigenvalue weighted by atomic mass is 16.5. The third-order valence-electron chi connectivity index (χ3n) is 4.06. The van der Waals surface area contributed by atoms with Crippen molar-refractivity contribution in [2.24, 2.45) is 5.73 Å². The topological polar surface area (TPSA) is 38.5 Å². The summed E-state index contributed by atoms with van der Waals surface area (Å²) in [5.41, 5.74) is 8.87. The van der Waals surface area contributed by atoms with Crippen LogP contribution in [0.15, 0.2) is 24.3 Å². The monoisotopic (exact) mass is 246 g/mol. The van der Waals surface area contributed by atoms with E-state index in [9.17, 15) is 0 Å². The van der Waals surface area contributed by atoms with E-state index in [-0.39, 0.29) is 6.10 Å². The lowest BCUT2D eigenvalue weighted by atomic mass is 9.96. The van der Waals surface area contributed by atoms with Gasteiger partial charge in [-0.25, -0.2) is 0 Å². The third kappa shape index (κ3) is 2.58. The van der Waals surface area contributed by atoms with E-state index in [4.69, 9.17) is 10.5 Å². The van der Waals surface area contributed by atoms with Crippen molar-refractivity contribution in [3.8, 4) is 0 Å². The lowest BCUT2D eigenvalue weighted by Gasteiger charge is -2.35. The van der Waals surface area contributed by atoms with Crippen molar-refractivity contribution in [2.75, 3.05) is 26.2 Å². The molecule has 1 aromatic rings. The lowest BCUT2D eigenvalue weighted by Crippen LogP contribution is -2.45. The van der Waals surface area contributed by atoms with E-state index < -0.39 is 0 Å². The van der Waals surface area contributed by atoms with Crippen LogP contribution in [0.3, 0.4) is 0 Å². The van der Waals surface area contributed by atoms with Crippen LogP contribution < -0.4 is 5.73 Å². The van der Waals surface area contributed by atoms with Gasteiger partial charge < -0.3 is 10.5 Å². The summed E-state index contributed by atoms with van der Waals surface area (Å²) in [6, 6.07) is 9.02. The zero-order valence-corrected chi connectivity index (χ0v) is 10.8. The van der Waals surface area contributed by atoms with E-state index in [0.717, 1.165) is 32.7 Å². The van der Waals surface area contributed by atoms with Gasteiger partial charge in [-0.1, -0.05) is 24.3 Å². The largest absolute Gasteiger partial charge is 0.372 e. The average molecular weight is 246 g/mol. The molecular weight excluding hydrogens is 224 g/mol. The molecule has 3 nitrogen and oxygen atoms in total. The number of hydrogen-bond donors (Lipinski definition) is 1. The van der Waals surface area contributed by atoms with Crippen molar-refractivity contribution >= 4 is 0 Å². The first-order chi connectivity index (χ1) is 8.83. The number of piperidine rings is 1. The van der Waals surface area contributed by atoms with Crippen LogP contribution in [-0.2, 0) is 11.2 Å². The van der Waals surface area contributed by atoms with Crippen LogP contribution in [0.2, 0.25) is 0 Å². The quantitative estimate of drug-likeness (QED) is 0.863. The Morgan fingerprint density at radius 2 is 2.22 bits per heavy atom. The van der Waals surface area contributed by atoms with E-state index in [1.54, 1.807) is 0 Å². The fourth-order valence-electron chi connectivity index (χ4n) is 3.12. The van der Waals surface area contributed by atoms with Gasteiger partial charge in [0.2, 0.25) is 0 Å². The molecule has 3 heteroatoms. The predicted octanol–water partition coefficient (Wildman–Crippen LogP) is 1.72. The molecule has 2 aliphatic rings. The Hall–Kier alpha value is -0.900. The van der Waals surface area contributed by atoms with Gasteiger partial charge in [0.05, 0.1) is 12.7 Å². The van der Waals surface area contributed by atoms with Gasteiger partial charge in [-0.15, -0.1) is 0 Å². The fourth-order valence-corrected chi connectivity index (χ4v) is 3.12. The smallest absolute Gasteiger partial charge is 0.0954 e. The summed E-state index contributed by atoms with van der Waals surface area (Å²) in [4.78, 5) is 2.46. The van der Waals surface area contributed by atoms with Gasteiger partial charge in [0.25, 0.3) is 0 Å². The number of rotatable bonds is 2.